The van der Waals surface area contributed by atoms with Crippen molar-refractivity contribution in [3.05, 3.63) is 18.3 Å². The number of hydrogen-bond donors (Lipinski definition) is 2. The van der Waals surface area contributed by atoms with E-state index in [4.69, 9.17) is 0 Å². The standard InChI is InChI=1S/C11H17N3O/c1-14(8-9-4-2-6-12-9)11-10(15)5-3-7-13-11/h3,5,7,9,12,15H,2,4,6,8H2,1H3/t9-/m0/s1. The summed E-state index contributed by atoms with van der Waals surface area (Å²) in [7, 11) is 1.96. The number of anilines is 1. The third-order valence-corrected chi connectivity index (χ3v) is 2.78. The fourth-order valence-electron chi connectivity index (χ4n) is 2.01. The lowest BCUT2D eigenvalue weighted by Crippen LogP contribution is -2.35. The highest BCUT2D eigenvalue weighted by Crippen LogP contribution is 2.22. The molecular weight excluding hydrogens is 190 g/mol. The molecule has 2 rings (SSSR count). The molecule has 0 aromatic carbocycles. The zero-order chi connectivity index (χ0) is 10.7. The summed E-state index contributed by atoms with van der Waals surface area (Å²) in [6.45, 7) is 2.00. The van der Waals surface area contributed by atoms with E-state index in [2.05, 4.69) is 10.3 Å². The van der Waals surface area contributed by atoms with Crippen LogP contribution in [0, 0.1) is 0 Å². The summed E-state index contributed by atoms with van der Waals surface area (Å²) in [5.41, 5.74) is 0. The molecule has 0 radical (unpaired) electrons. The first-order chi connectivity index (χ1) is 7.27. The van der Waals surface area contributed by atoms with Gasteiger partial charge < -0.3 is 15.3 Å². The van der Waals surface area contributed by atoms with E-state index in [1.165, 1.54) is 12.8 Å². The lowest BCUT2D eigenvalue weighted by Gasteiger charge is -2.22. The largest absolute Gasteiger partial charge is 0.504 e. The molecule has 0 unspecified atom stereocenters. The van der Waals surface area contributed by atoms with Crippen molar-refractivity contribution in [2.75, 3.05) is 25.0 Å². The molecule has 2 heterocycles. The van der Waals surface area contributed by atoms with E-state index >= 15 is 0 Å². The summed E-state index contributed by atoms with van der Waals surface area (Å²) in [5, 5.41) is 13.1. The highest BCUT2D eigenvalue weighted by molar-refractivity contribution is 5.50. The van der Waals surface area contributed by atoms with Crippen LogP contribution in [-0.4, -0.2) is 36.3 Å². The number of hydrogen-bond acceptors (Lipinski definition) is 4. The van der Waals surface area contributed by atoms with Crippen LogP contribution in [0.2, 0.25) is 0 Å². The van der Waals surface area contributed by atoms with Gasteiger partial charge in [0.05, 0.1) is 0 Å². The maximum absolute atomic E-state index is 9.63. The lowest BCUT2D eigenvalue weighted by molar-refractivity contribution is 0.470. The number of aromatic hydroxyl groups is 1. The SMILES string of the molecule is CN(C[C@@H]1CCCN1)c1ncccc1O. The Morgan fingerprint density at radius 3 is 3.20 bits per heavy atom. The highest BCUT2D eigenvalue weighted by atomic mass is 16.3. The minimum Gasteiger partial charge on any atom is -0.504 e. The first-order valence-corrected chi connectivity index (χ1v) is 5.36. The van der Waals surface area contributed by atoms with Gasteiger partial charge in [0, 0.05) is 25.8 Å². The molecule has 1 aromatic heterocycles. The average molecular weight is 207 g/mol. The number of nitrogens with one attached hydrogen (secondary N) is 1. The van der Waals surface area contributed by atoms with Crippen molar-refractivity contribution in [2.45, 2.75) is 18.9 Å². The minimum absolute atomic E-state index is 0.248. The van der Waals surface area contributed by atoms with Crippen molar-refractivity contribution in [1.82, 2.24) is 10.3 Å². The highest BCUT2D eigenvalue weighted by Gasteiger charge is 2.17. The van der Waals surface area contributed by atoms with Gasteiger partial charge in [-0.25, -0.2) is 4.98 Å². The Labute approximate surface area is 89.9 Å². The van der Waals surface area contributed by atoms with Crippen LogP contribution in [-0.2, 0) is 0 Å². The molecule has 4 nitrogen and oxygen atoms in total. The maximum Gasteiger partial charge on any atom is 0.170 e. The quantitative estimate of drug-likeness (QED) is 0.775. The lowest BCUT2D eigenvalue weighted by atomic mass is 10.2. The van der Waals surface area contributed by atoms with Crippen molar-refractivity contribution in [3.63, 3.8) is 0 Å². The van der Waals surface area contributed by atoms with Crippen LogP contribution < -0.4 is 10.2 Å². The predicted octanol–water partition coefficient (Wildman–Crippen LogP) is 0.975. The average Bonchev–Trinajstić information content (AvgIpc) is 2.71. The zero-order valence-electron chi connectivity index (χ0n) is 8.98. The summed E-state index contributed by atoms with van der Waals surface area (Å²) in [5.74, 6) is 0.907. The maximum atomic E-state index is 9.63. The van der Waals surface area contributed by atoms with Crippen LogP contribution in [0.15, 0.2) is 18.3 Å². The van der Waals surface area contributed by atoms with E-state index in [0.29, 0.717) is 11.9 Å². The fourth-order valence-corrected chi connectivity index (χ4v) is 2.01. The molecule has 4 heteroatoms. The van der Waals surface area contributed by atoms with Crippen LogP contribution >= 0.6 is 0 Å². The van der Waals surface area contributed by atoms with E-state index in [1.807, 2.05) is 11.9 Å². The first kappa shape index (κ1) is 10.2. The summed E-state index contributed by atoms with van der Waals surface area (Å²) >= 11 is 0. The molecule has 1 fully saturated rings. The molecule has 0 bridgehead atoms. The van der Waals surface area contributed by atoms with E-state index in [0.717, 1.165) is 13.1 Å². The number of aromatic nitrogens is 1. The third-order valence-electron chi connectivity index (χ3n) is 2.78. The molecular formula is C11H17N3O. The molecule has 0 saturated carbocycles. The van der Waals surface area contributed by atoms with Crippen molar-refractivity contribution in [2.24, 2.45) is 0 Å². The molecule has 0 amide bonds. The Morgan fingerprint density at radius 2 is 2.53 bits per heavy atom. The Bertz CT molecular complexity index is 323. The Hall–Kier alpha value is -1.29. The number of likely N-dealkylation sites (N-methyl/N-ethyl adjacent to an activating group) is 1. The minimum atomic E-state index is 0.248. The number of nitrogens with zero attached hydrogens (tertiary/aromatic N) is 2. The monoisotopic (exact) mass is 207 g/mol. The van der Waals surface area contributed by atoms with Crippen LogP contribution in [0.3, 0.4) is 0 Å². The molecule has 15 heavy (non-hydrogen) atoms. The van der Waals surface area contributed by atoms with Crippen molar-refractivity contribution >= 4 is 5.82 Å². The number of pyridine rings is 1. The predicted molar refractivity (Wildman–Crippen MR) is 60.2 cm³/mol. The first-order valence-electron chi connectivity index (χ1n) is 5.36. The second-order valence-corrected chi connectivity index (χ2v) is 4.02. The van der Waals surface area contributed by atoms with E-state index in [1.54, 1.807) is 18.3 Å². The van der Waals surface area contributed by atoms with Crippen LogP contribution in [0.1, 0.15) is 12.8 Å². The van der Waals surface area contributed by atoms with Gasteiger partial charge in [0.25, 0.3) is 0 Å². The molecule has 2 N–H and O–H groups in total. The summed E-state index contributed by atoms with van der Waals surface area (Å²) in [6, 6.07) is 3.93. The number of rotatable bonds is 3. The molecule has 0 spiro atoms. The third kappa shape index (κ3) is 2.39. The van der Waals surface area contributed by atoms with Gasteiger partial charge in [-0.2, -0.15) is 0 Å². The Morgan fingerprint density at radius 1 is 1.67 bits per heavy atom. The van der Waals surface area contributed by atoms with E-state index < -0.39 is 0 Å². The molecule has 1 aromatic rings. The van der Waals surface area contributed by atoms with Gasteiger partial charge in [-0.3, -0.25) is 0 Å². The van der Waals surface area contributed by atoms with Crippen LogP contribution in [0.25, 0.3) is 0 Å². The topological polar surface area (TPSA) is 48.4 Å². The van der Waals surface area contributed by atoms with Gasteiger partial charge in [-0.1, -0.05) is 0 Å². The Kier molecular flexibility index (Phi) is 3.06. The van der Waals surface area contributed by atoms with Gasteiger partial charge >= 0.3 is 0 Å². The molecule has 1 aliphatic heterocycles. The smallest absolute Gasteiger partial charge is 0.170 e. The molecule has 1 saturated heterocycles. The summed E-state index contributed by atoms with van der Waals surface area (Å²) < 4.78 is 0. The van der Waals surface area contributed by atoms with Gasteiger partial charge in [0.15, 0.2) is 11.6 Å². The molecule has 1 aliphatic rings. The molecule has 1 atom stereocenters. The zero-order valence-corrected chi connectivity index (χ0v) is 8.98. The molecule has 0 aliphatic carbocycles. The fraction of sp³-hybridized carbons (Fsp3) is 0.545. The summed E-state index contributed by atoms with van der Waals surface area (Å²) in [6.07, 6.45) is 4.15. The van der Waals surface area contributed by atoms with Crippen LogP contribution in [0.4, 0.5) is 5.82 Å². The van der Waals surface area contributed by atoms with E-state index in [9.17, 15) is 5.11 Å². The van der Waals surface area contributed by atoms with E-state index in [-0.39, 0.29) is 5.75 Å². The Balaban J connectivity index is 2.00. The van der Waals surface area contributed by atoms with Crippen molar-refractivity contribution in [1.29, 1.82) is 0 Å². The second kappa shape index (κ2) is 4.49. The van der Waals surface area contributed by atoms with Gasteiger partial charge in [0.1, 0.15) is 0 Å². The molecule has 82 valence electrons. The summed E-state index contributed by atoms with van der Waals surface area (Å²) in [4.78, 5) is 6.17. The van der Waals surface area contributed by atoms with Gasteiger partial charge in [-0.05, 0) is 31.5 Å². The van der Waals surface area contributed by atoms with Gasteiger partial charge in [0.2, 0.25) is 0 Å². The second-order valence-electron chi connectivity index (χ2n) is 4.02. The van der Waals surface area contributed by atoms with Gasteiger partial charge in [-0.15, -0.1) is 0 Å². The van der Waals surface area contributed by atoms with Crippen LogP contribution in [0.5, 0.6) is 5.75 Å². The normalized spacial score (nSPS) is 20.5. The van der Waals surface area contributed by atoms with Crippen molar-refractivity contribution < 1.29 is 5.11 Å². The van der Waals surface area contributed by atoms with Crippen molar-refractivity contribution in [3.8, 4) is 5.75 Å².